The SMILES string of the molecule is CCc1cc(CNOCCOC)n(CC)n1. The molecule has 0 bridgehead atoms. The quantitative estimate of drug-likeness (QED) is 0.534. The first kappa shape index (κ1) is 13.2. The van der Waals surface area contributed by atoms with E-state index in [0.29, 0.717) is 19.8 Å². The Kier molecular flexibility index (Phi) is 6.07. The smallest absolute Gasteiger partial charge is 0.0916 e. The van der Waals surface area contributed by atoms with Gasteiger partial charge in [-0.1, -0.05) is 6.92 Å². The molecule has 0 saturated heterocycles. The molecule has 0 saturated carbocycles. The molecule has 1 heterocycles. The summed E-state index contributed by atoms with van der Waals surface area (Å²) >= 11 is 0. The van der Waals surface area contributed by atoms with Gasteiger partial charge < -0.3 is 4.74 Å². The molecule has 0 aliphatic heterocycles. The zero-order valence-electron chi connectivity index (χ0n) is 10.3. The summed E-state index contributed by atoms with van der Waals surface area (Å²) in [7, 11) is 1.66. The summed E-state index contributed by atoms with van der Waals surface area (Å²) < 4.78 is 6.87. The average Bonchev–Trinajstić information content (AvgIpc) is 2.71. The van der Waals surface area contributed by atoms with E-state index >= 15 is 0 Å². The van der Waals surface area contributed by atoms with Crippen LogP contribution in [-0.2, 0) is 29.1 Å². The van der Waals surface area contributed by atoms with Gasteiger partial charge in [0, 0.05) is 13.7 Å². The van der Waals surface area contributed by atoms with Crippen LogP contribution in [-0.4, -0.2) is 30.1 Å². The summed E-state index contributed by atoms with van der Waals surface area (Å²) in [5.41, 5.74) is 5.18. The van der Waals surface area contributed by atoms with Crippen molar-refractivity contribution in [3.63, 3.8) is 0 Å². The van der Waals surface area contributed by atoms with Gasteiger partial charge in [0.25, 0.3) is 0 Å². The standard InChI is InChI=1S/C11H21N3O2/c1-4-10-8-11(14(5-2)13-10)9-12-16-7-6-15-3/h8,12H,4-7,9H2,1-3H3. The van der Waals surface area contributed by atoms with Gasteiger partial charge in [-0.15, -0.1) is 0 Å². The van der Waals surface area contributed by atoms with E-state index < -0.39 is 0 Å². The first-order valence-corrected chi connectivity index (χ1v) is 5.71. The third-order valence-electron chi connectivity index (χ3n) is 2.32. The van der Waals surface area contributed by atoms with Crippen molar-refractivity contribution in [2.45, 2.75) is 33.4 Å². The highest BCUT2D eigenvalue weighted by atomic mass is 16.7. The van der Waals surface area contributed by atoms with Gasteiger partial charge in [-0.3, -0.25) is 9.52 Å². The molecule has 92 valence electrons. The van der Waals surface area contributed by atoms with Gasteiger partial charge in [0.1, 0.15) is 0 Å². The first-order chi connectivity index (χ1) is 7.81. The van der Waals surface area contributed by atoms with Crippen molar-refractivity contribution in [2.24, 2.45) is 0 Å². The van der Waals surface area contributed by atoms with Crippen LogP contribution in [0, 0.1) is 0 Å². The third kappa shape index (κ3) is 3.92. The Morgan fingerprint density at radius 2 is 2.19 bits per heavy atom. The molecule has 0 unspecified atom stereocenters. The molecule has 0 aliphatic carbocycles. The van der Waals surface area contributed by atoms with E-state index in [0.717, 1.165) is 24.4 Å². The number of hydroxylamine groups is 1. The van der Waals surface area contributed by atoms with Crippen molar-refractivity contribution in [3.05, 3.63) is 17.5 Å². The van der Waals surface area contributed by atoms with Gasteiger partial charge in [-0.05, 0) is 19.4 Å². The lowest BCUT2D eigenvalue weighted by molar-refractivity contribution is 0.00248. The molecule has 0 atom stereocenters. The highest BCUT2D eigenvalue weighted by molar-refractivity contribution is 5.10. The number of ether oxygens (including phenoxy) is 1. The predicted octanol–water partition coefficient (Wildman–Crippen LogP) is 1.13. The normalized spacial score (nSPS) is 10.9. The maximum absolute atomic E-state index is 5.20. The van der Waals surface area contributed by atoms with Crippen LogP contribution >= 0.6 is 0 Å². The molecule has 0 aliphatic rings. The Hall–Kier alpha value is -0.910. The molecule has 0 spiro atoms. The third-order valence-corrected chi connectivity index (χ3v) is 2.32. The minimum atomic E-state index is 0.553. The second-order valence-corrected chi connectivity index (χ2v) is 3.46. The van der Waals surface area contributed by atoms with Gasteiger partial charge in [-0.2, -0.15) is 10.6 Å². The summed E-state index contributed by atoms with van der Waals surface area (Å²) in [6, 6.07) is 2.11. The molecular formula is C11H21N3O2. The zero-order chi connectivity index (χ0) is 11.8. The van der Waals surface area contributed by atoms with Crippen LogP contribution in [0.3, 0.4) is 0 Å². The second kappa shape index (κ2) is 7.38. The van der Waals surface area contributed by atoms with Crippen molar-refractivity contribution in [1.82, 2.24) is 15.3 Å². The van der Waals surface area contributed by atoms with Gasteiger partial charge in [0.05, 0.1) is 31.1 Å². The number of hydrogen-bond acceptors (Lipinski definition) is 4. The molecule has 1 N–H and O–H groups in total. The van der Waals surface area contributed by atoms with E-state index in [-0.39, 0.29) is 0 Å². The lowest BCUT2D eigenvalue weighted by Crippen LogP contribution is -2.19. The van der Waals surface area contributed by atoms with Crippen molar-refractivity contribution < 1.29 is 9.57 Å². The van der Waals surface area contributed by atoms with Crippen molar-refractivity contribution in [3.8, 4) is 0 Å². The molecule has 1 aromatic heterocycles. The van der Waals surface area contributed by atoms with E-state index in [1.807, 2.05) is 4.68 Å². The summed E-state index contributed by atoms with van der Waals surface area (Å²) in [5, 5.41) is 4.46. The number of nitrogens with one attached hydrogen (secondary N) is 1. The van der Waals surface area contributed by atoms with Crippen molar-refractivity contribution in [1.29, 1.82) is 0 Å². The average molecular weight is 227 g/mol. The number of aryl methyl sites for hydroxylation is 2. The molecular weight excluding hydrogens is 206 g/mol. The van der Waals surface area contributed by atoms with Crippen LogP contribution in [0.15, 0.2) is 6.07 Å². The Morgan fingerprint density at radius 3 is 2.81 bits per heavy atom. The fourth-order valence-electron chi connectivity index (χ4n) is 1.43. The maximum Gasteiger partial charge on any atom is 0.0916 e. The van der Waals surface area contributed by atoms with E-state index in [1.54, 1.807) is 7.11 Å². The molecule has 5 nitrogen and oxygen atoms in total. The van der Waals surface area contributed by atoms with Crippen LogP contribution in [0.2, 0.25) is 0 Å². The summed E-state index contributed by atoms with van der Waals surface area (Å²) in [5.74, 6) is 0. The molecule has 0 fully saturated rings. The maximum atomic E-state index is 5.20. The van der Waals surface area contributed by atoms with E-state index in [9.17, 15) is 0 Å². The second-order valence-electron chi connectivity index (χ2n) is 3.46. The molecule has 0 aromatic carbocycles. The molecule has 0 radical (unpaired) electrons. The summed E-state index contributed by atoms with van der Waals surface area (Å²) in [4.78, 5) is 5.20. The molecule has 1 aromatic rings. The molecule has 0 amide bonds. The van der Waals surface area contributed by atoms with Gasteiger partial charge in [0.15, 0.2) is 0 Å². The Labute approximate surface area is 96.7 Å². The summed E-state index contributed by atoms with van der Waals surface area (Å²) in [6.45, 7) is 6.90. The van der Waals surface area contributed by atoms with E-state index in [2.05, 4.69) is 30.5 Å². The lowest BCUT2D eigenvalue weighted by atomic mass is 10.3. The Bertz CT molecular complexity index is 299. The zero-order valence-corrected chi connectivity index (χ0v) is 10.3. The van der Waals surface area contributed by atoms with Crippen molar-refractivity contribution in [2.75, 3.05) is 20.3 Å². The molecule has 5 heteroatoms. The topological polar surface area (TPSA) is 48.3 Å². The van der Waals surface area contributed by atoms with Crippen LogP contribution in [0.5, 0.6) is 0 Å². The fourth-order valence-corrected chi connectivity index (χ4v) is 1.43. The number of methoxy groups -OCH3 is 1. The fraction of sp³-hybridized carbons (Fsp3) is 0.727. The van der Waals surface area contributed by atoms with Gasteiger partial charge in [0.2, 0.25) is 0 Å². The van der Waals surface area contributed by atoms with Gasteiger partial charge >= 0.3 is 0 Å². The van der Waals surface area contributed by atoms with Crippen molar-refractivity contribution >= 4 is 0 Å². The lowest BCUT2D eigenvalue weighted by Gasteiger charge is -2.06. The largest absolute Gasteiger partial charge is 0.382 e. The van der Waals surface area contributed by atoms with Gasteiger partial charge in [-0.25, -0.2) is 0 Å². The Morgan fingerprint density at radius 1 is 1.38 bits per heavy atom. The van der Waals surface area contributed by atoms with Crippen LogP contribution in [0.4, 0.5) is 0 Å². The molecule has 16 heavy (non-hydrogen) atoms. The molecule has 1 rings (SSSR count). The minimum Gasteiger partial charge on any atom is -0.382 e. The number of rotatable bonds is 8. The van der Waals surface area contributed by atoms with E-state index in [1.165, 1.54) is 0 Å². The minimum absolute atomic E-state index is 0.553. The number of aromatic nitrogens is 2. The van der Waals surface area contributed by atoms with Crippen LogP contribution in [0.1, 0.15) is 25.2 Å². The first-order valence-electron chi connectivity index (χ1n) is 5.71. The van der Waals surface area contributed by atoms with Crippen LogP contribution in [0.25, 0.3) is 0 Å². The predicted molar refractivity (Wildman–Crippen MR) is 61.9 cm³/mol. The highest BCUT2D eigenvalue weighted by Crippen LogP contribution is 2.05. The van der Waals surface area contributed by atoms with E-state index in [4.69, 9.17) is 9.57 Å². The number of nitrogens with zero attached hydrogens (tertiary/aromatic N) is 2. The summed E-state index contributed by atoms with van der Waals surface area (Å²) in [6.07, 6.45) is 0.963. The highest BCUT2D eigenvalue weighted by Gasteiger charge is 2.04. The Balaban J connectivity index is 2.37. The monoisotopic (exact) mass is 227 g/mol. The number of hydrogen-bond donors (Lipinski definition) is 1. The van der Waals surface area contributed by atoms with Crippen LogP contribution < -0.4 is 5.48 Å².